The van der Waals surface area contributed by atoms with Gasteiger partial charge in [-0.1, -0.05) is 42.5 Å². The predicted molar refractivity (Wildman–Crippen MR) is 83.6 cm³/mol. The van der Waals surface area contributed by atoms with Gasteiger partial charge in [0.2, 0.25) is 0 Å². The third-order valence-corrected chi connectivity index (χ3v) is 3.38. The molecule has 0 aliphatic heterocycles. The van der Waals surface area contributed by atoms with Crippen molar-refractivity contribution in [2.45, 2.75) is 12.1 Å². The Balaban J connectivity index is 1.94. The monoisotopic (exact) mass is 292 g/mol. The van der Waals surface area contributed by atoms with Crippen LogP contribution in [0.5, 0.6) is 0 Å². The quantitative estimate of drug-likeness (QED) is 0.783. The van der Waals surface area contributed by atoms with Gasteiger partial charge in [0.1, 0.15) is 18.3 Å². The molecule has 1 unspecified atom stereocenters. The van der Waals surface area contributed by atoms with E-state index in [4.69, 9.17) is 0 Å². The second-order valence-electron chi connectivity index (χ2n) is 5.00. The van der Waals surface area contributed by atoms with E-state index < -0.39 is 5.60 Å². The highest BCUT2D eigenvalue weighted by Gasteiger charge is 2.27. The molecule has 110 valence electrons. The lowest BCUT2D eigenvalue weighted by Gasteiger charge is -2.24. The van der Waals surface area contributed by atoms with E-state index in [1.165, 1.54) is 6.33 Å². The summed E-state index contributed by atoms with van der Waals surface area (Å²) in [6.45, 7) is 0.266. The predicted octanol–water partition coefficient (Wildman–Crippen LogP) is 2.27. The van der Waals surface area contributed by atoms with Gasteiger partial charge in [0.25, 0.3) is 0 Å². The summed E-state index contributed by atoms with van der Waals surface area (Å²) in [6.07, 6.45) is 10.0. The van der Waals surface area contributed by atoms with E-state index >= 15 is 0 Å². The van der Waals surface area contributed by atoms with Gasteiger partial charge in [-0.05, 0) is 17.7 Å². The second-order valence-corrected chi connectivity index (χ2v) is 5.00. The minimum absolute atomic E-state index is 0.266. The summed E-state index contributed by atoms with van der Waals surface area (Å²) in [5, 5.41) is 15.2. The lowest BCUT2D eigenvalue weighted by Crippen LogP contribution is -2.29. The van der Waals surface area contributed by atoms with Gasteiger partial charge in [0.05, 0.1) is 6.54 Å². The maximum Gasteiger partial charge on any atom is 0.137 e. The molecular weight excluding hydrogens is 276 g/mol. The lowest BCUT2D eigenvalue weighted by atomic mass is 9.94. The first-order chi connectivity index (χ1) is 10.8. The smallest absolute Gasteiger partial charge is 0.137 e. The number of aliphatic hydroxyl groups is 1. The van der Waals surface area contributed by atoms with Crippen LogP contribution in [-0.4, -0.2) is 24.9 Å². The Morgan fingerprint density at radius 3 is 2.64 bits per heavy atom. The number of benzene rings is 1. The fourth-order valence-corrected chi connectivity index (χ4v) is 2.22. The van der Waals surface area contributed by atoms with Gasteiger partial charge in [-0.3, -0.25) is 4.98 Å². The molecule has 3 rings (SSSR count). The zero-order valence-electron chi connectivity index (χ0n) is 11.9. The molecule has 0 saturated carbocycles. The zero-order chi connectivity index (χ0) is 15.3. The summed E-state index contributed by atoms with van der Waals surface area (Å²) in [7, 11) is 0. The SMILES string of the molecule is OC(/C=C/c1ccccc1)(Cn1cncn1)c1cccnc1. The maximum absolute atomic E-state index is 11.1. The van der Waals surface area contributed by atoms with Gasteiger partial charge in [0.15, 0.2) is 0 Å². The standard InChI is InChI=1S/C17H16N4O/c22-17(12-21-14-19-13-20-21,16-7-4-10-18-11-16)9-8-15-5-2-1-3-6-15/h1-11,13-14,22H,12H2/b9-8+. The Morgan fingerprint density at radius 2 is 1.95 bits per heavy atom. The van der Waals surface area contributed by atoms with Crippen molar-refractivity contribution in [3.8, 4) is 0 Å². The summed E-state index contributed by atoms with van der Waals surface area (Å²) in [5.41, 5.74) is 0.513. The molecule has 0 fully saturated rings. The maximum atomic E-state index is 11.1. The normalized spacial score (nSPS) is 14.0. The van der Waals surface area contributed by atoms with Crippen LogP contribution >= 0.6 is 0 Å². The molecule has 5 nitrogen and oxygen atoms in total. The number of aromatic nitrogens is 4. The molecule has 2 heterocycles. The van der Waals surface area contributed by atoms with E-state index in [0.29, 0.717) is 5.56 Å². The first-order valence-corrected chi connectivity index (χ1v) is 6.96. The summed E-state index contributed by atoms with van der Waals surface area (Å²) in [4.78, 5) is 8.02. The van der Waals surface area contributed by atoms with Crippen LogP contribution in [0, 0.1) is 0 Å². The molecule has 1 N–H and O–H groups in total. The molecule has 1 aromatic carbocycles. The topological polar surface area (TPSA) is 63.8 Å². The van der Waals surface area contributed by atoms with E-state index in [-0.39, 0.29) is 6.54 Å². The molecule has 0 radical (unpaired) electrons. The molecule has 2 aromatic heterocycles. The minimum Gasteiger partial charge on any atom is -0.379 e. The molecule has 0 amide bonds. The van der Waals surface area contributed by atoms with Gasteiger partial charge in [-0.25, -0.2) is 9.67 Å². The van der Waals surface area contributed by atoms with E-state index in [1.54, 1.807) is 35.5 Å². The third-order valence-electron chi connectivity index (χ3n) is 3.38. The van der Waals surface area contributed by atoms with Crippen molar-refractivity contribution >= 4 is 6.08 Å². The Morgan fingerprint density at radius 1 is 1.09 bits per heavy atom. The van der Waals surface area contributed by atoms with Crippen LogP contribution in [0.1, 0.15) is 11.1 Å². The van der Waals surface area contributed by atoms with Crippen LogP contribution in [-0.2, 0) is 12.1 Å². The van der Waals surface area contributed by atoms with E-state index in [2.05, 4.69) is 15.1 Å². The Labute approximate surface area is 128 Å². The first kappa shape index (κ1) is 14.2. The number of rotatable bonds is 5. The number of hydrogen-bond acceptors (Lipinski definition) is 4. The van der Waals surface area contributed by atoms with Gasteiger partial charge in [0, 0.05) is 18.0 Å². The highest BCUT2D eigenvalue weighted by atomic mass is 16.3. The highest BCUT2D eigenvalue weighted by Crippen LogP contribution is 2.25. The molecular formula is C17H16N4O. The van der Waals surface area contributed by atoms with Crippen molar-refractivity contribution < 1.29 is 5.11 Å². The highest BCUT2D eigenvalue weighted by molar-refractivity contribution is 5.51. The first-order valence-electron chi connectivity index (χ1n) is 6.96. The molecule has 0 aliphatic carbocycles. The fourth-order valence-electron chi connectivity index (χ4n) is 2.22. The molecule has 0 aliphatic rings. The molecule has 1 atom stereocenters. The molecule has 0 saturated heterocycles. The van der Waals surface area contributed by atoms with Gasteiger partial charge in [-0.15, -0.1) is 0 Å². The fraction of sp³-hybridized carbons (Fsp3) is 0.118. The van der Waals surface area contributed by atoms with Crippen molar-refractivity contribution in [1.29, 1.82) is 0 Å². The van der Waals surface area contributed by atoms with E-state index in [9.17, 15) is 5.11 Å². The lowest BCUT2D eigenvalue weighted by molar-refractivity contribution is 0.0660. The van der Waals surface area contributed by atoms with Gasteiger partial charge < -0.3 is 5.11 Å². The van der Waals surface area contributed by atoms with Crippen molar-refractivity contribution in [1.82, 2.24) is 19.7 Å². The van der Waals surface area contributed by atoms with E-state index in [1.807, 2.05) is 42.5 Å². The summed E-state index contributed by atoms with van der Waals surface area (Å²) < 4.78 is 1.60. The zero-order valence-corrected chi connectivity index (χ0v) is 11.9. The van der Waals surface area contributed by atoms with Crippen LogP contribution in [0.25, 0.3) is 6.08 Å². The second kappa shape index (κ2) is 6.32. The van der Waals surface area contributed by atoms with E-state index in [0.717, 1.165) is 5.56 Å². The average molecular weight is 292 g/mol. The van der Waals surface area contributed by atoms with Crippen LogP contribution in [0.4, 0.5) is 0 Å². The van der Waals surface area contributed by atoms with Crippen LogP contribution in [0.15, 0.2) is 73.6 Å². The van der Waals surface area contributed by atoms with Gasteiger partial charge >= 0.3 is 0 Å². The number of pyridine rings is 1. The van der Waals surface area contributed by atoms with Gasteiger partial charge in [-0.2, -0.15) is 5.10 Å². The van der Waals surface area contributed by atoms with Crippen LogP contribution in [0.2, 0.25) is 0 Å². The molecule has 3 aromatic rings. The minimum atomic E-state index is -1.21. The molecule has 0 bridgehead atoms. The molecule has 5 heteroatoms. The van der Waals surface area contributed by atoms with Crippen molar-refractivity contribution in [3.05, 3.63) is 84.7 Å². The number of hydrogen-bond donors (Lipinski definition) is 1. The Hall–Kier alpha value is -2.79. The molecule has 22 heavy (non-hydrogen) atoms. The van der Waals surface area contributed by atoms with Crippen LogP contribution < -0.4 is 0 Å². The third kappa shape index (κ3) is 3.27. The average Bonchev–Trinajstić information content (AvgIpc) is 3.08. The van der Waals surface area contributed by atoms with Crippen molar-refractivity contribution in [2.75, 3.05) is 0 Å². The van der Waals surface area contributed by atoms with Crippen molar-refractivity contribution in [3.63, 3.8) is 0 Å². The number of nitrogens with zero attached hydrogens (tertiary/aromatic N) is 4. The summed E-state index contributed by atoms with van der Waals surface area (Å²) >= 11 is 0. The Bertz CT molecular complexity index is 726. The summed E-state index contributed by atoms with van der Waals surface area (Å²) in [6, 6.07) is 13.5. The molecule has 0 spiro atoms. The van der Waals surface area contributed by atoms with Crippen molar-refractivity contribution in [2.24, 2.45) is 0 Å². The Kier molecular flexibility index (Phi) is 4.07. The van der Waals surface area contributed by atoms with Crippen LogP contribution in [0.3, 0.4) is 0 Å². The largest absolute Gasteiger partial charge is 0.379 e. The summed E-state index contributed by atoms with van der Waals surface area (Å²) in [5.74, 6) is 0.